The summed E-state index contributed by atoms with van der Waals surface area (Å²) in [5, 5.41) is 10.0. The summed E-state index contributed by atoms with van der Waals surface area (Å²) in [6.45, 7) is 4.23. The van der Waals surface area contributed by atoms with Gasteiger partial charge in [0.15, 0.2) is 0 Å². The number of carbonyl (C=O) groups is 3. The molecule has 2 fully saturated rings. The zero-order valence-electron chi connectivity index (χ0n) is 20.4. The second-order valence-electron chi connectivity index (χ2n) is 10.2. The largest absolute Gasteiger partial charge is 0.437 e. The van der Waals surface area contributed by atoms with Crippen molar-refractivity contribution in [1.29, 1.82) is 0 Å². The molecule has 2 N–H and O–H groups in total. The summed E-state index contributed by atoms with van der Waals surface area (Å²) in [6, 6.07) is 7.81. The van der Waals surface area contributed by atoms with E-state index in [1.165, 1.54) is 0 Å². The standard InChI is InChI=1S/C26H34N4O5/c1-16(2)15-30-26(34)35-25(29-30)22(31)21(14-17-12-13-17)28-24(33)19-10-6-7-11-20(19)27-23(32)18-8-4-3-5-9-18/h3-5,8-9,16-17,19-21H,6-7,10-15H2,1-2H3,(H,27,32)(H,28,33)/t19-,20+,21?/m1/s1. The highest BCUT2D eigenvalue weighted by Gasteiger charge is 2.37. The first-order chi connectivity index (χ1) is 16.8. The summed E-state index contributed by atoms with van der Waals surface area (Å²) >= 11 is 0. The van der Waals surface area contributed by atoms with Crippen LogP contribution in [0.1, 0.15) is 79.8 Å². The van der Waals surface area contributed by atoms with Crippen molar-refractivity contribution in [2.45, 2.75) is 77.4 Å². The van der Waals surface area contributed by atoms with Crippen LogP contribution in [0, 0.1) is 17.8 Å². The van der Waals surface area contributed by atoms with Gasteiger partial charge in [-0.3, -0.25) is 14.4 Å². The normalized spacial score (nSPS) is 20.9. The van der Waals surface area contributed by atoms with Crippen molar-refractivity contribution < 1.29 is 18.8 Å². The van der Waals surface area contributed by atoms with Crippen molar-refractivity contribution in [2.75, 3.05) is 0 Å². The van der Waals surface area contributed by atoms with Crippen LogP contribution in [0.4, 0.5) is 0 Å². The molecule has 35 heavy (non-hydrogen) atoms. The zero-order chi connectivity index (χ0) is 24.9. The van der Waals surface area contributed by atoms with E-state index in [1.807, 2.05) is 19.9 Å². The molecule has 0 radical (unpaired) electrons. The maximum atomic E-state index is 13.4. The molecule has 1 heterocycles. The molecule has 1 aromatic heterocycles. The minimum Gasteiger partial charge on any atom is -0.384 e. The lowest BCUT2D eigenvalue weighted by Crippen LogP contribution is -2.51. The fraction of sp³-hybridized carbons (Fsp3) is 0.577. The molecule has 0 aliphatic heterocycles. The minimum absolute atomic E-state index is 0.164. The van der Waals surface area contributed by atoms with Crippen LogP contribution >= 0.6 is 0 Å². The number of ketones is 1. The minimum atomic E-state index is -0.812. The van der Waals surface area contributed by atoms with E-state index in [2.05, 4.69) is 15.7 Å². The number of aromatic nitrogens is 2. The first-order valence-corrected chi connectivity index (χ1v) is 12.6. The van der Waals surface area contributed by atoms with Crippen LogP contribution in [0.5, 0.6) is 0 Å². The second kappa shape index (κ2) is 11.0. The highest BCUT2D eigenvalue weighted by atomic mass is 16.4. The van der Waals surface area contributed by atoms with Crippen LogP contribution < -0.4 is 16.4 Å². The molecule has 2 saturated carbocycles. The highest BCUT2D eigenvalue weighted by molar-refractivity contribution is 5.99. The molecule has 0 saturated heterocycles. The molecule has 1 aromatic carbocycles. The van der Waals surface area contributed by atoms with E-state index in [9.17, 15) is 19.2 Å². The molecule has 9 nitrogen and oxygen atoms in total. The van der Waals surface area contributed by atoms with Crippen molar-refractivity contribution in [3.8, 4) is 0 Å². The van der Waals surface area contributed by atoms with Gasteiger partial charge in [-0.15, -0.1) is 5.10 Å². The predicted octanol–water partition coefficient (Wildman–Crippen LogP) is 2.95. The van der Waals surface area contributed by atoms with E-state index in [0.29, 0.717) is 37.3 Å². The lowest BCUT2D eigenvalue weighted by molar-refractivity contribution is -0.127. The molecular weight excluding hydrogens is 448 g/mol. The van der Waals surface area contributed by atoms with Crippen LogP contribution in [-0.2, 0) is 11.3 Å². The number of rotatable bonds is 10. The lowest BCUT2D eigenvalue weighted by atomic mass is 9.83. The van der Waals surface area contributed by atoms with E-state index in [4.69, 9.17) is 4.42 Å². The molecule has 9 heteroatoms. The van der Waals surface area contributed by atoms with Gasteiger partial charge >= 0.3 is 5.76 Å². The Labute approximate surface area is 204 Å². The van der Waals surface area contributed by atoms with Gasteiger partial charge in [0.1, 0.15) is 0 Å². The quantitative estimate of drug-likeness (QED) is 0.502. The van der Waals surface area contributed by atoms with Crippen LogP contribution in [0.3, 0.4) is 0 Å². The number of nitrogens with zero attached hydrogens (tertiary/aromatic N) is 2. The van der Waals surface area contributed by atoms with E-state index >= 15 is 0 Å². The average molecular weight is 483 g/mol. The van der Waals surface area contributed by atoms with Gasteiger partial charge in [0, 0.05) is 11.6 Å². The Kier molecular flexibility index (Phi) is 7.83. The first-order valence-electron chi connectivity index (χ1n) is 12.6. The van der Waals surface area contributed by atoms with Gasteiger partial charge in [0.25, 0.3) is 11.8 Å². The average Bonchev–Trinajstić information content (AvgIpc) is 3.59. The topological polar surface area (TPSA) is 123 Å². The van der Waals surface area contributed by atoms with Crippen molar-refractivity contribution in [2.24, 2.45) is 17.8 Å². The molecule has 2 aliphatic rings. The molecular formula is C26H34N4O5. The Morgan fingerprint density at radius 3 is 2.49 bits per heavy atom. The molecule has 2 amide bonds. The molecule has 0 spiro atoms. The van der Waals surface area contributed by atoms with Crippen LogP contribution in [0.2, 0.25) is 0 Å². The number of amides is 2. The predicted molar refractivity (Wildman–Crippen MR) is 129 cm³/mol. The Hall–Kier alpha value is -3.23. The van der Waals surface area contributed by atoms with Gasteiger partial charge in [-0.05, 0) is 43.2 Å². The molecule has 4 rings (SSSR count). The number of carbonyl (C=O) groups excluding carboxylic acids is 3. The Bertz CT molecular complexity index is 1100. The third-order valence-electron chi connectivity index (χ3n) is 6.71. The smallest absolute Gasteiger partial charge is 0.384 e. The Balaban J connectivity index is 1.46. The first kappa shape index (κ1) is 24.9. The fourth-order valence-corrected chi connectivity index (χ4v) is 4.67. The van der Waals surface area contributed by atoms with Crippen molar-refractivity contribution in [3.05, 3.63) is 52.3 Å². The number of hydrogen-bond donors (Lipinski definition) is 2. The van der Waals surface area contributed by atoms with Gasteiger partial charge in [-0.1, -0.05) is 57.7 Å². The lowest BCUT2D eigenvalue weighted by Gasteiger charge is -2.32. The highest BCUT2D eigenvalue weighted by Crippen LogP contribution is 2.34. The van der Waals surface area contributed by atoms with Crippen LogP contribution in [-0.4, -0.2) is 39.5 Å². The molecule has 0 bridgehead atoms. The van der Waals surface area contributed by atoms with E-state index in [1.54, 1.807) is 24.3 Å². The zero-order valence-corrected chi connectivity index (χ0v) is 20.4. The van der Waals surface area contributed by atoms with Crippen molar-refractivity contribution >= 4 is 17.6 Å². The van der Waals surface area contributed by atoms with Gasteiger partial charge in [0.05, 0.1) is 18.5 Å². The Morgan fingerprint density at radius 2 is 1.80 bits per heavy atom. The fourth-order valence-electron chi connectivity index (χ4n) is 4.67. The van der Waals surface area contributed by atoms with Crippen molar-refractivity contribution in [3.63, 3.8) is 0 Å². The van der Waals surface area contributed by atoms with E-state index in [-0.39, 0.29) is 29.7 Å². The van der Waals surface area contributed by atoms with Gasteiger partial charge in [-0.25, -0.2) is 4.79 Å². The summed E-state index contributed by atoms with van der Waals surface area (Å²) < 4.78 is 6.31. The molecule has 1 unspecified atom stereocenters. The number of hydrogen-bond acceptors (Lipinski definition) is 6. The third kappa shape index (κ3) is 6.46. The number of nitrogens with one attached hydrogen (secondary N) is 2. The molecule has 2 aromatic rings. The molecule has 2 aliphatic carbocycles. The Morgan fingerprint density at radius 1 is 1.09 bits per heavy atom. The summed E-state index contributed by atoms with van der Waals surface area (Å²) in [7, 11) is 0. The summed E-state index contributed by atoms with van der Waals surface area (Å²) in [4.78, 5) is 51.4. The van der Waals surface area contributed by atoms with Gasteiger partial charge < -0.3 is 15.1 Å². The second-order valence-corrected chi connectivity index (χ2v) is 10.2. The summed E-state index contributed by atoms with van der Waals surface area (Å²) in [5.41, 5.74) is 0.547. The van der Waals surface area contributed by atoms with Crippen molar-refractivity contribution in [1.82, 2.24) is 20.4 Å². The maximum absolute atomic E-state index is 13.4. The monoisotopic (exact) mass is 482 g/mol. The number of Topliss-reactive ketones (excluding diaryl/α,β-unsaturated/α-hetero) is 1. The van der Waals surface area contributed by atoms with Gasteiger partial charge in [-0.2, -0.15) is 4.68 Å². The number of benzene rings is 1. The van der Waals surface area contributed by atoms with Crippen LogP contribution in [0.25, 0.3) is 0 Å². The maximum Gasteiger partial charge on any atom is 0.437 e. The van der Waals surface area contributed by atoms with Gasteiger partial charge in [0.2, 0.25) is 11.7 Å². The van der Waals surface area contributed by atoms with E-state index < -0.39 is 23.5 Å². The van der Waals surface area contributed by atoms with Crippen LogP contribution in [0.15, 0.2) is 39.5 Å². The van der Waals surface area contributed by atoms with E-state index in [0.717, 1.165) is 30.4 Å². The molecule has 3 atom stereocenters. The third-order valence-corrected chi connectivity index (χ3v) is 6.71. The molecule has 188 valence electrons. The summed E-state index contributed by atoms with van der Waals surface area (Å²) in [6.07, 6.45) is 5.63. The summed E-state index contributed by atoms with van der Waals surface area (Å²) in [5.74, 6) is -1.80. The SMILES string of the molecule is CC(C)Cn1nc(C(=O)C(CC2CC2)NC(=O)[C@@H]2CCCC[C@@H]2NC(=O)c2ccccc2)oc1=O.